The first-order valence-electron chi connectivity index (χ1n) is 6.79. The smallest absolute Gasteiger partial charge is 0.172 e. The zero-order valence-electron chi connectivity index (χ0n) is 11.7. The van der Waals surface area contributed by atoms with Gasteiger partial charge in [-0.3, -0.25) is 4.79 Å². The minimum Gasteiger partial charge on any atom is -0.354 e. The molecule has 1 atom stereocenters. The van der Waals surface area contributed by atoms with Crippen LogP contribution < -0.4 is 5.32 Å². The summed E-state index contributed by atoms with van der Waals surface area (Å²) in [5.74, 6) is 0.714. The summed E-state index contributed by atoms with van der Waals surface area (Å²) in [5.41, 5.74) is 2.20. The Labute approximate surface area is 122 Å². The summed E-state index contributed by atoms with van der Waals surface area (Å²) in [6, 6.07) is 10.1. The normalized spacial score (nSPS) is 20.9. The quantitative estimate of drug-likeness (QED) is 0.844. The van der Waals surface area contributed by atoms with Crippen molar-refractivity contribution in [2.24, 2.45) is 0 Å². The molecule has 0 saturated heterocycles. The van der Waals surface area contributed by atoms with Crippen LogP contribution in [-0.2, 0) is 10.3 Å². The van der Waals surface area contributed by atoms with E-state index in [2.05, 4.69) is 32.9 Å². The van der Waals surface area contributed by atoms with Crippen LogP contribution in [0.5, 0.6) is 0 Å². The first-order valence-corrected chi connectivity index (χ1v) is 6.79. The third-order valence-electron chi connectivity index (χ3n) is 3.71. The Morgan fingerprint density at radius 2 is 2.10 bits per heavy atom. The molecule has 3 rings (SSSR count). The van der Waals surface area contributed by atoms with Gasteiger partial charge >= 0.3 is 0 Å². The van der Waals surface area contributed by atoms with E-state index in [4.69, 9.17) is 0 Å². The lowest BCUT2D eigenvalue weighted by atomic mass is 9.82. The van der Waals surface area contributed by atoms with Crippen LogP contribution in [0.1, 0.15) is 17.7 Å². The van der Waals surface area contributed by atoms with Crippen LogP contribution in [0.15, 0.2) is 54.1 Å². The van der Waals surface area contributed by atoms with Crippen LogP contribution in [0.3, 0.4) is 0 Å². The molecule has 0 amide bonds. The summed E-state index contributed by atoms with van der Waals surface area (Å²) in [6.45, 7) is 1.89. The molecule has 106 valence electrons. The molecule has 5 heteroatoms. The Balaban J connectivity index is 2.01. The van der Waals surface area contributed by atoms with Crippen molar-refractivity contribution in [3.05, 3.63) is 65.4 Å². The predicted octanol–water partition coefficient (Wildman–Crippen LogP) is 2.51. The lowest BCUT2D eigenvalue weighted by molar-refractivity contribution is -0.104. The number of carbonyl (C=O) groups is 1. The maximum atomic E-state index is 10.9. The van der Waals surface area contributed by atoms with Crippen molar-refractivity contribution >= 4 is 12.1 Å². The van der Waals surface area contributed by atoms with Gasteiger partial charge in [-0.05, 0) is 18.9 Å². The molecule has 2 aromatic rings. The van der Waals surface area contributed by atoms with E-state index in [9.17, 15) is 4.79 Å². The second kappa shape index (κ2) is 5.36. The van der Waals surface area contributed by atoms with Crippen molar-refractivity contribution in [2.45, 2.75) is 18.9 Å². The SMILES string of the molecule is Cc1n[nH]nc1NC1(c2ccccc2)C=CC(C=O)=CC1. The maximum absolute atomic E-state index is 10.9. The molecular weight excluding hydrogens is 264 g/mol. The summed E-state index contributed by atoms with van der Waals surface area (Å²) in [4.78, 5) is 10.9. The number of aromatic amines is 1. The molecule has 0 bridgehead atoms. The lowest BCUT2D eigenvalue weighted by Crippen LogP contribution is -2.34. The monoisotopic (exact) mass is 280 g/mol. The molecule has 0 saturated carbocycles. The fourth-order valence-corrected chi connectivity index (χ4v) is 2.47. The Bertz CT molecular complexity index is 702. The number of hydrogen-bond acceptors (Lipinski definition) is 4. The van der Waals surface area contributed by atoms with Crippen molar-refractivity contribution in [1.82, 2.24) is 15.4 Å². The van der Waals surface area contributed by atoms with E-state index in [1.807, 2.05) is 43.4 Å². The highest BCUT2D eigenvalue weighted by Crippen LogP contribution is 2.34. The molecule has 1 aromatic carbocycles. The molecule has 0 fully saturated rings. The molecule has 1 aromatic heterocycles. The number of allylic oxidation sites excluding steroid dienone is 2. The van der Waals surface area contributed by atoms with Gasteiger partial charge < -0.3 is 5.32 Å². The van der Waals surface area contributed by atoms with Gasteiger partial charge in [0, 0.05) is 5.57 Å². The molecule has 1 unspecified atom stereocenters. The molecule has 5 nitrogen and oxygen atoms in total. The van der Waals surface area contributed by atoms with Gasteiger partial charge in [0.1, 0.15) is 12.0 Å². The van der Waals surface area contributed by atoms with Gasteiger partial charge in [0.15, 0.2) is 5.82 Å². The van der Waals surface area contributed by atoms with Crippen LogP contribution in [0, 0.1) is 6.92 Å². The molecule has 1 heterocycles. The van der Waals surface area contributed by atoms with Gasteiger partial charge in [-0.25, -0.2) is 0 Å². The standard InChI is InChI=1S/C16H16N4O/c1-12-15(19-20-18-12)17-16(14-5-3-2-4-6-14)9-7-13(11-21)8-10-16/h2-9,11H,10H2,1H3,(H2,17,18,19,20). The van der Waals surface area contributed by atoms with Gasteiger partial charge in [-0.15, -0.1) is 5.10 Å². The summed E-state index contributed by atoms with van der Waals surface area (Å²) in [6.07, 6.45) is 7.33. The van der Waals surface area contributed by atoms with Crippen LogP contribution in [0.4, 0.5) is 5.82 Å². The number of anilines is 1. The van der Waals surface area contributed by atoms with Gasteiger partial charge in [-0.2, -0.15) is 10.3 Å². The molecule has 0 spiro atoms. The zero-order chi connectivity index (χ0) is 14.7. The summed E-state index contributed by atoms with van der Waals surface area (Å²) in [7, 11) is 0. The Hall–Kier alpha value is -2.69. The fourth-order valence-electron chi connectivity index (χ4n) is 2.47. The van der Waals surface area contributed by atoms with Gasteiger partial charge in [-0.1, -0.05) is 48.6 Å². The van der Waals surface area contributed by atoms with Crippen molar-refractivity contribution in [3.8, 4) is 0 Å². The molecule has 1 aliphatic rings. The Morgan fingerprint density at radius 3 is 2.67 bits per heavy atom. The first-order chi connectivity index (χ1) is 10.2. The average Bonchev–Trinajstić information content (AvgIpc) is 2.94. The summed E-state index contributed by atoms with van der Waals surface area (Å²) >= 11 is 0. The van der Waals surface area contributed by atoms with Crippen molar-refractivity contribution in [3.63, 3.8) is 0 Å². The fraction of sp³-hybridized carbons (Fsp3) is 0.188. The Morgan fingerprint density at radius 1 is 1.29 bits per heavy atom. The average molecular weight is 280 g/mol. The minimum absolute atomic E-state index is 0.421. The van der Waals surface area contributed by atoms with E-state index in [0.717, 1.165) is 17.5 Å². The topological polar surface area (TPSA) is 70.7 Å². The predicted molar refractivity (Wildman–Crippen MR) is 80.8 cm³/mol. The van der Waals surface area contributed by atoms with E-state index in [0.29, 0.717) is 17.8 Å². The second-order valence-electron chi connectivity index (χ2n) is 5.08. The molecule has 0 aliphatic heterocycles. The lowest BCUT2D eigenvalue weighted by Gasteiger charge is -2.33. The van der Waals surface area contributed by atoms with Crippen molar-refractivity contribution in [2.75, 3.05) is 5.32 Å². The van der Waals surface area contributed by atoms with Gasteiger partial charge in [0.25, 0.3) is 0 Å². The number of aromatic nitrogens is 3. The Kier molecular flexibility index (Phi) is 3.39. The number of rotatable bonds is 4. The van der Waals surface area contributed by atoms with E-state index < -0.39 is 5.54 Å². The molecule has 21 heavy (non-hydrogen) atoms. The van der Waals surface area contributed by atoms with Crippen LogP contribution in [-0.4, -0.2) is 21.7 Å². The van der Waals surface area contributed by atoms with Crippen molar-refractivity contribution < 1.29 is 4.79 Å². The number of hydrogen-bond donors (Lipinski definition) is 2. The highest BCUT2D eigenvalue weighted by Gasteiger charge is 2.31. The van der Waals surface area contributed by atoms with Gasteiger partial charge in [0.05, 0.1) is 5.54 Å². The first kappa shape index (κ1) is 13.3. The van der Waals surface area contributed by atoms with Crippen LogP contribution in [0.2, 0.25) is 0 Å². The van der Waals surface area contributed by atoms with Crippen LogP contribution >= 0.6 is 0 Å². The number of aldehydes is 1. The van der Waals surface area contributed by atoms with E-state index in [1.165, 1.54) is 0 Å². The number of nitrogens with zero attached hydrogens (tertiary/aromatic N) is 2. The zero-order valence-corrected chi connectivity index (χ0v) is 11.7. The number of benzene rings is 1. The summed E-state index contributed by atoms with van der Waals surface area (Å²) in [5, 5.41) is 14.3. The molecular formula is C16H16N4O. The number of aryl methyl sites for hydroxylation is 1. The van der Waals surface area contributed by atoms with E-state index in [1.54, 1.807) is 0 Å². The minimum atomic E-state index is -0.421. The highest BCUT2D eigenvalue weighted by atomic mass is 16.1. The van der Waals surface area contributed by atoms with Gasteiger partial charge in [0.2, 0.25) is 0 Å². The number of nitrogens with one attached hydrogen (secondary N) is 2. The number of carbonyl (C=O) groups excluding carboxylic acids is 1. The van der Waals surface area contributed by atoms with E-state index in [-0.39, 0.29) is 0 Å². The van der Waals surface area contributed by atoms with Crippen LogP contribution in [0.25, 0.3) is 0 Å². The van der Waals surface area contributed by atoms with E-state index >= 15 is 0 Å². The maximum Gasteiger partial charge on any atom is 0.172 e. The summed E-state index contributed by atoms with van der Waals surface area (Å²) < 4.78 is 0. The molecule has 1 aliphatic carbocycles. The van der Waals surface area contributed by atoms with Crippen molar-refractivity contribution in [1.29, 1.82) is 0 Å². The third-order valence-corrected chi connectivity index (χ3v) is 3.71. The highest BCUT2D eigenvalue weighted by molar-refractivity contribution is 5.78. The third kappa shape index (κ3) is 2.50. The molecule has 0 radical (unpaired) electrons. The largest absolute Gasteiger partial charge is 0.354 e. The molecule has 2 N–H and O–H groups in total. The number of H-pyrrole nitrogens is 1. The second-order valence-corrected chi connectivity index (χ2v) is 5.08.